The summed E-state index contributed by atoms with van der Waals surface area (Å²) in [6, 6.07) is -0.280. The molecule has 1 aromatic rings. The van der Waals surface area contributed by atoms with Crippen LogP contribution in [0.25, 0.3) is 0 Å². The number of hydrogen-bond donors (Lipinski definition) is 0. The average Bonchev–Trinajstić information content (AvgIpc) is 3.02. The highest BCUT2D eigenvalue weighted by atomic mass is 32.1. The van der Waals surface area contributed by atoms with Crippen LogP contribution in [0.5, 0.6) is 0 Å². The number of ether oxygens (including phenoxy) is 1. The molecule has 0 spiro atoms. The van der Waals surface area contributed by atoms with Crippen molar-refractivity contribution < 1.29 is 18.3 Å². The first kappa shape index (κ1) is 15.8. The van der Waals surface area contributed by atoms with Crippen LogP contribution < -0.4 is 0 Å². The lowest BCUT2D eigenvalue weighted by Crippen LogP contribution is -2.62. The Bertz CT molecular complexity index is 520. The fourth-order valence-corrected chi connectivity index (χ4v) is 3.60. The molecule has 1 atom stereocenters. The highest BCUT2D eigenvalue weighted by Crippen LogP contribution is 2.35. The first-order valence-electron chi connectivity index (χ1n) is 7.39. The van der Waals surface area contributed by atoms with Crippen LogP contribution in [0, 0.1) is 0 Å². The third-order valence-electron chi connectivity index (χ3n) is 4.20. The zero-order chi connectivity index (χ0) is 15.7. The van der Waals surface area contributed by atoms with Gasteiger partial charge in [-0.1, -0.05) is 0 Å². The number of thiazole rings is 1. The molecule has 2 aliphatic heterocycles. The van der Waals surface area contributed by atoms with Crippen molar-refractivity contribution in [3.05, 3.63) is 16.6 Å². The molecule has 0 aromatic carbocycles. The van der Waals surface area contributed by atoms with E-state index in [1.165, 1.54) is 11.3 Å². The monoisotopic (exact) mass is 331 g/mol. The second kappa shape index (κ2) is 6.17. The molecule has 2 aliphatic rings. The van der Waals surface area contributed by atoms with Gasteiger partial charge in [0.15, 0.2) is 0 Å². The third-order valence-corrected chi connectivity index (χ3v) is 4.79. The molecule has 22 heavy (non-hydrogen) atoms. The van der Waals surface area contributed by atoms with Gasteiger partial charge in [0.1, 0.15) is 5.69 Å². The van der Waals surface area contributed by atoms with Crippen molar-refractivity contribution in [3.8, 4) is 0 Å². The normalized spacial score (nSPS) is 25.4. The molecule has 0 bridgehead atoms. The summed E-state index contributed by atoms with van der Waals surface area (Å²) in [6.45, 7) is 3.42. The Hall–Kier alpha value is -1.12. The van der Waals surface area contributed by atoms with E-state index in [0.29, 0.717) is 32.0 Å². The second-order valence-electron chi connectivity index (χ2n) is 5.78. The summed E-state index contributed by atoms with van der Waals surface area (Å²) in [7, 11) is 0. The fourth-order valence-electron chi connectivity index (χ4n) is 3.07. The SMILES string of the molecule is CCOC[C@@H]1CC(F)(F)CN1C1CN(C(=O)c2cscn2)C1. The first-order valence-corrected chi connectivity index (χ1v) is 8.33. The predicted octanol–water partition coefficient (Wildman–Crippen LogP) is 1.71. The maximum atomic E-state index is 13.7. The Labute approximate surface area is 131 Å². The number of likely N-dealkylation sites (tertiary alicyclic amines) is 2. The number of carbonyl (C=O) groups is 1. The van der Waals surface area contributed by atoms with Crippen molar-refractivity contribution in [3.63, 3.8) is 0 Å². The van der Waals surface area contributed by atoms with Gasteiger partial charge < -0.3 is 9.64 Å². The summed E-state index contributed by atoms with van der Waals surface area (Å²) in [5.74, 6) is -2.79. The van der Waals surface area contributed by atoms with E-state index in [2.05, 4.69) is 4.98 Å². The lowest BCUT2D eigenvalue weighted by atomic mass is 10.1. The summed E-state index contributed by atoms with van der Waals surface area (Å²) >= 11 is 1.37. The van der Waals surface area contributed by atoms with E-state index < -0.39 is 5.92 Å². The maximum Gasteiger partial charge on any atom is 0.273 e. The molecule has 3 heterocycles. The van der Waals surface area contributed by atoms with Crippen LogP contribution in [-0.4, -0.2) is 71.5 Å². The molecule has 1 amide bonds. The van der Waals surface area contributed by atoms with E-state index >= 15 is 0 Å². The van der Waals surface area contributed by atoms with Crippen molar-refractivity contribution >= 4 is 17.2 Å². The molecular weight excluding hydrogens is 312 g/mol. The van der Waals surface area contributed by atoms with Gasteiger partial charge in [-0.05, 0) is 6.92 Å². The lowest BCUT2D eigenvalue weighted by Gasteiger charge is -2.45. The zero-order valence-electron chi connectivity index (χ0n) is 12.4. The smallest absolute Gasteiger partial charge is 0.273 e. The minimum absolute atomic E-state index is 0.0126. The van der Waals surface area contributed by atoms with Gasteiger partial charge in [-0.3, -0.25) is 9.69 Å². The number of nitrogens with zero attached hydrogens (tertiary/aromatic N) is 3. The van der Waals surface area contributed by atoms with E-state index in [4.69, 9.17) is 4.74 Å². The van der Waals surface area contributed by atoms with Gasteiger partial charge in [-0.15, -0.1) is 11.3 Å². The van der Waals surface area contributed by atoms with Crippen LogP contribution >= 0.6 is 11.3 Å². The van der Waals surface area contributed by atoms with Gasteiger partial charge in [-0.25, -0.2) is 13.8 Å². The van der Waals surface area contributed by atoms with E-state index in [0.717, 1.165) is 0 Å². The molecule has 0 saturated carbocycles. The van der Waals surface area contributed by atoms with Crippen molar-refractivity contribution in [2.24, 2.45) is 0 Å². The standard InChI is InChI=1S/C14H19F2N3O2S/c1-2-21-6-10-3-14(15,16)8-19(10)11-4-18(5-11)13(20)12-7-22-9-17-12/h7,9-11H,2-6,8H2,1H3/t10-/m0/s1. The average molecular weight is 331 g/mol. The van der Waals surface area contributed by atoms with Crippen LogP contribution in [0.3, 0.4) is 0 Å². The minimum Gasteiger partial charge on any atom is -0.380 e. The van der Waals surface area contributed by atoms with Gasteiger partial charge >= 0.3 is 0 Å². The number of carbonyl (C=O) groups excluding carboxylic acids is 1. The Morgan fingerprint density at radius 2 is 2.32 bits per heavy atom. The molecule has 0 unspecified atom stereocenters. The highest BCUT2D eigenvalue weighted by Gasteiger charge is 2.50. The van der Waals surface area contributed by atoms with Gasteiger partial charge in [0, 0.05) is 43.6 Å². The summed E-state index contributed by atoms with van der Waals surface area (Å²) in [5, 5.41) is 1.71. The quantitative estimate of drug-likeness (QED) is 0.824. The predicted molar refractivity (Wildman–Crippen MR) is 78.4 cm³/mol. The zero-order valence-corrected chi connectivity index (χ0v) is 13.2. The van der Waals surface area contributed by atoms with Gasteiger partial charge in [0.05, 0.1) is 18.7 Å². The molecule has 122 valence electrons. The van der Waals surface area contributed by atoms with E-state index in [-0.39, 0.29) is 31.0 Å². The Kier molecular flexibility index (Phi) is 4.42. The number of alkyl halides is 2. The highest BCUT2D eigenvalue weighted by molar-refractivity contribution is 7.07. The van der Waals surface area contributed by atoms with Crippen LogP contribution in [0.4, 0.5) is 8.78 Å². The molecule has 8 heteroatoms. The lowest BCUT2D eigenvalue weighted by molar-refractivity contribution is -0.0149. The van der Waals surface area contributed by atoms with Crippen molar-refractivity contribution in [2.75, 3.05) is 32.8 Å². The number of amides is 1. The third kappa shape index (κ3) is 3.13. The van der Waals surface area contributed by atoms with Crippen LogP contribution in [0.1, 0.15) is 23.8 Å². The maximum absolute atomic E-state index is 13.7. The minimum atomic E-state index is -2.67. The molecule has 0 N–H and O–H groups in total. The number of rotatable bonds is 5. The number of aromatic nitrogens is 1. The Morgan fingerprint density at radius 3 is 2.95 bits per heavy atom. The topological polar surface area (TPSA) is 45.7 Å². The van der Waals surface area contributed by atoms with Gasteiger partial charge in [0.2, 0.25) is 0 Å². The first-order chi connectivity index (χ1) is 10.5. The molecule has 0 radical (unpaired) electrons. The molecule has 0 aliphatic carbocycles. The molecule has 2 saturated heterocycles. The van der Waals surface area contributed by atoms with Crippen molar-refractivity contribution in [1.29, 1.82) is 0 Å². The second-order valence-corrected chi connectivity index (χ2v) is 6.50. The van der Waals surface area contributed by atoms with E-state index in [9.17, 15) is 13.6 Å². The van der Waals surface area contributed by atoms with E-state index in [1.807, 2.05) is 6.92 Å². The van der Waals surface area contributed by atoms with Crippen LogP contribution in [0.2, 0.25) is 0 Å². The molecule has 1 aromatic heterocycles. The molecular formula is C14H19F2N3O2S. The largest absolute Gasteiger partial charge is 0.380 e. The number of halogens is 2. The van der Waals surface area contributed by atoms with Crippen molar-refractivity contribution in [1.82, 2.24) is 14.8 Å². The van der Waals surface area contributed by atoms with Crippen LogP contribution in [0.15, 0.2) is 10.9 Å². The van der Waals surface area contributed by atoms with Crippen molar-refractivity contribution in [2.45, 2.75) is 31.4 Å². The molecule has 5 nitrogen and oxygen atoms in total. The summed E-state index contributed by atoms with van der Waals surface area (Å²) < 4.78 is 32.7. The summed E-state index contributed by atoms with van der Waals surface area (Å²) in [4.78, 5) is 19.6. The summed E-state index contributed by atoms with van der Waals surface area (Å²) in [5.41, 5.74) is 2.05. The Balaban J connectivity index is 1.57. The molecule has 3 rings (SSSR count). The van der Waals surface area contributed by atoms with Gasteiger partial charge in [0.25, 0.3) is 11.8 Å². The molecule has 2 fully saturated rings. The van der Waals surface area contributed by atoms with E-state index in [1.54, 1.807) is 20.7 Å². The fraction of sp³-hybridized carbons (Fsp3) is 0.714. The summed E-state index contributed by atoms with van der Waals surface area (Å²) in [6.07, 6.45) is -0.163. The number of hydrogen-bond acceptors (Lipinski definition) is 5. The van der Waals surface area contributed by atoms with Crippen LogP contribution in [-0.2, 0) is 4.74 Å². The van der Waals surface area contributed by atoms with Gasteiger partial charge in [-0.2, -0.15) is 0 Å². The Morgan fingerprint density at radius 1 is 1.55 bits per heavy atom.